The molecule has 0 saturated heterocycles. The van der Waals surface area contributed by atoms with Crippen molar-refractivity contribution in [2.24, 2.45) is 0 Å². The van der Waals surface area contributed by atoms with E-state index in [1.165, 1.54) is 50.6 Å². The first-order valence-electron chi connectivity index (χ1n) is 6.72. The van der Waals surface area contributed by atoms with Crippen molar-refractivity contribution in [2.45, 2.75) is 51.9 Å². The lowest BCUT2D eigenvalue weighted by Crippen LogP contribution is -2.00. The lowest BCUT2D eigenvalue weighted by atomic mass is 10.1. The first kappa shape index (κ1) is 16.3. The maximum absolute atomic E-state index is 3.45. The molecule has 0 fully saturated rings. The molecule has 0 spiro atoms. The van der Waals surface area contributed by atoms with Gasteiger partial charge in [-0.15, -0.1) is 12.4 Å². The molecule has 0 aliphatic rings. The van der Waals surface area contributed by atoms with Gasteiger partial charge in [0.1, 0.15) is 0 Å². The molecule has 0 aliphatic carbocycles. The fourth-order valence-electron chi connectivity index (χ4n) is 1.87. The lowest BCUT2D eigenvalue weighted by Gasteiger charge is -2.05. The highest BCUT2D eigenvalue weighted by Gasteiger charge is 1.91. The number of anilines is 1. The molecule has 0 aromatic heterocycles. The van der Waals surface area contributed by atoms with Crippen LogP contribution >= 0.6 is 12.4 Å². The Bertz CT molecular complexity index is 248. The van der Waals surface area contributed by atoms with Gasteiger partial charge in [0.2, 0.25) is 0 Å². The fourth-order valence-corrected chi connectivity index (χ4v) is 1.87. The summed E-state index contributed by atoms with van der Waals surface area (Å²) in [5, 5.41) is 3.45. The minimum absolute atomic E-state index is 0. The molecule has 0 amide bonds. The molecule has 1 aromatic carbocycles. The van der Waals surface area contributed by atoms with Gasteiger partial charge in [0.05, 0.1) is 0 Å². The lowest BCUT2D eigenvalue weighted by molar-refractivity contribution is 0.596. The number of nitrogens with one attached hydrogen (secondary N) is 1. The van der Waals surface area contributed by atoms with E-state index in [0.717, 1.165) is 6.54 Å². The zero-order valence-electron chi connectivity index (χ0n) is 11.0. The van der Waals surface area contributed by atoms with Gasteiger partial charge in [-0.05, 0) is 18.6 Å². The van der Waals surface area contributed by atoms with Gasteiger partial charge in [-0.3, -0.25) is 0 Å². The van der Waals surface area contributed by atoms with Gasteiger partial charge in [0.15, 0.2) is 0 Å². The third kappa shape index (κ3) is 9.05. The Morgan fingerprint density at radius 1 is 0.824 bits per heavy atom. The minimum atomic E-state index is 0. The quantitative estimate of drug-likeness (QED) is 0.593. The van der Waals surface area contributed by atoms with Crippen LogP contribution in [0.3, 0.4) is 0 Å². The van der Waals surface area contributed by atoms with Gasteiger partial charge < -0.3 is 5.32 Å². The maximum Gasteiger partial charge on any atom is 0.0340 e. The van der Waals surface area contributed by atoms with Crippen LogP contribution in [0.1, 0.15) is 51.9 Å². The molecule has 1 N–H and O–H groups in total. The van der Waals surface area contributed by atoms with Crippen molar-refractivity contribution in [3.63, 3.8) is 0 Å². The Kier molecular flexibility index (Phi) is 11.3. The molecule has 0 aliphatic heterocycles. The number of para-hydroxylation sites is 1. The van der Waals surface area contributed by atoms with Gasteiger partial charge in [0.25, 0.3) is 0 Å². The van der Waals surface area contributed by atoms with E-state index in [2.05, 4.69) is 42.6 Å². The van der Waals surface area contributed by atoms with Crippen molar-refractivity contribution in [1.82, 2.24) is 0 Å². The van der Waals surface area contributed by atoms with E-state index in [0.29, 0.717) is 0 Å². The van der Waals surface area contributed by atoms with Gasteiger partial charge in [0, 0.05) is 12.2 Å². The zero-order chi connectivity index (χ0) is 11.5. The topological polar surface area (TPSA) is 12.0 Å². The number of unbranched alkanes of at least 4 members (excludes halogenated alkanes) is 6. The molecule has 2 heteroatoms. The normalized spacial score (nSPS) is 9.71. The average molecular weight is 256 g/mol. The van der Waals surface area contributed by atoms with Gasteiger partial charge >= 0.3 is 0 Å². The molecule has 0 saturated carbocycles. The van der Waals surface area contributed by atoms with E-state index in [-0.39, 0.29) is 12.4 Å². The van der Waals surface area contributed by atoms with Crippen LogP contribution < -0.4 is 5.32 Å². The monoisotopic (exact) mass is 255 g/mol. The predicted octanol–water partition coefficient (Wildman–Crippen LogP) is 5.27. The van der Waals surface area contributed by atoms with E-state index in [9.17, 15) is 0 Å². The first-order valence-corrected chi connectivity index (χ1v) is 6.72. The highest BCUT2D eigenvalue weighted by atomic mass is 35.5. The second kappa shape index (κ2) is 11.8. The summed E-state index contributed by atoms with van der Waals surface area (Å²) in [4.78, 5) is 0. The van der Waals surface area contributed by atoms with Crippen molar-refractivity contribution in [3.8, 4) is 0 Å². The van der Waals surface area contributed by atoms with Crippen molar-refractivity contribution in [3.05, 3.63) is 30.3 Å². The van der Waals surface area contributed by atoms with Crippen molar-refractivity contribution in [2.75, 3.05) is 11.9 Å². The largest absolute Gasteiger partial charge is 0.385 e. The predicted molar refractivity (Wildman–Crippen MR) is 80.2 cm³/mol. The molecule has 0 atom stereocenters. The molecule has 1 rings (SSSR count). The summed E-state index contributed by atoms with van der Waals surface area (Å²) in [6, 6.07) is 10.5. The van der Waals surface area contributed by atoms with Crippen LogP contribution in [0.5, 0.6) is 0 Å². The Hall–Kier alpha value is -0.690. The zero-order valence-corrected chi connectivity index (χ0v) is 11.8. The summed E-state index contributed by atoms with van der Waals surface area (Å²) in [7, 11) is 0. The SMILES string of the molecule is CCCCCCCCCNc1ccccc1.Cl. The summed E-state index contributed by atoms with van der Waals surface area (Å²) in [5.41, 5.74) is 1.24. The Morgan fingerprint density at radius 2 is 1.41 bits per heavy atom. The second-order valence-electron chi connectivity index (χ2n) is 4.41. The van der Waals surface area contributed by atoms with Crippen LogP contribution in [0, 0.1) is 0 Å². The number of halogens is 1. The number of hydrogen-bond donors (Lipinski definition) is 1. The van der Waals surface area contributed by atoms with Crippen LogP contribution in [0.15, 0.2) is 30.3 Å². The Balaban J connectivity index is 0.00000256. The van der Waals surface area contributed by atoms with E-state index >= 15 is 0 Å². The summed E-state index contributed by atoms with van der Waals surface area (Å²) < 4.78 is 0. The Morgan fingerprint density at radius 3 is 2.06 bits per heavy atom. The number of hydrogen-bond acceptors (Lipinski definition) is 1. The van der Waals surface area contributed by atoms with Crippen molar-refractivity contribution >= 4 is 18.1 Å². The highest BCUT2D eigenvalue weighted by Crippen LogP contribution is 2.08. The fraction of sp³-hybridized carbons (Fsp3) is 0.600. The molecular weight excluding hydrogens is 230 g/mol. The van der Waals surface area contributed by atoms with Gasteiger partial charge in [-0.2, -0.15) is 0 Å². The van der Waals surface area contributed by atoms with E-state index in [4.69, 9.17) is 0 Å². The van der Waals surface area contributed by atoms with Crippen molar-refractivity contribution < 1.29 is 0 Å². The first-order chi connectivity index (χ1) is 7.93. The molecule has 1 nitrogen and oxygen atoms in total. The van der Waals surface area contributed by atoms with Crippen LogP contribution in [-0.2, 0) is 0 Å². The van der Waals surface area contributed by atoms with E-state index in [1.807, 2.05) is 0 Å². The summed E-state index contributed by atoms with van der Waals surface area (Å²) in [6.07, 6.45) is 9.64. The van der Waals surface area contributed by atoms with Crippen LogP contribution in [0.2, 0.25) is 0 Å². The van der Waals surface area contributed by atoms with E-state index < -0.39 is 0 Å². The Labute approximate surface area is 112 Å². The molecule has 0 bridgehead atoms. The smallest absolute Gasteiger partial charge is 0.0340 e. The summed E-state index contributed by atoms with van der Waals surface area (Å²) in [6.45, 7) is 3.38. The molecule has 0 unspecified atom stereocenters. The molecular formula is C15H26ClN. The van der Waals surface area contributed by atoms with Gasteiger partial charge in [-0.1, -0.05) is 63.6 Å². The van der Waals surface area contributed by atoms with E-state index in [1.54, 1.807) is 0 Å². The maximum atomic E-state index is 3.45. The molecule has 0 radical (unpaired) electrons. The standard InChI is InChI=1S/C15H25N.ClH/c1-2-3-4-5-6-7-11-14-16-15-12-9-8-10-13-15;/h8-10,12-13,16H,2-7,11,14H2,1H3;1H. The second-order valence-corrected chi connectivity index (χ2v) is 4.41. The van der Waals surface area contributed by atoms with Gasteiger partial charge in [-0.25, -0.2) is 0 Å². The molecule has 0 heterocycles. The van der Waals surface area contributed by atoms with Crippen LogP contribution in [-0.4, -0.2) is 6.54 Å². The number of rotatable bonds is 9. The summed E-state index contributed by atoms with van der Waals surface area (Å²) >= 11 is 0. The molecule has 17 heavy (non-hydrogen) atoms. The summed E-state index contributed by atoms with van der Waals surface area (Å²) in [5.74, 6) is 0. The van der Waals surface area contributed by atoms with Crippen LogP contribution in [0.25, 0.3) is 0 Å². The number of benzene rings is 1. The van der Waals surface area contributed by atoms with Crippen molar-refractivity contribution in [1.29, 1.82) is 0 Å². The van der Waals surface area contributed by atoms with Crippen LogP contribution in [0.4, 0.5) is 5.69 Å². The average Bonchev–Trinajstić information content (AvgIpc) is 2.34. The highest BCUT2D eigenvalue weighted by molar-refractivity contribution is 5.85. The molecule has 1 aromatic rings. The minimum Gasteiger partial charge on any atom is -0.385 e. The molecule has 98 valence electrons. The third-order valence-electron chi connectivity index (χ3n) is 2.88. The third-order valence-corrected chi connectivity index (χ3v) is 2.88.